The normalized spacial score (nSPS) is 21.8. The molecule has 1 saturated heterocycles. The summed E-state index contributed by atoms with van der Waals surface area (Å²) in [6.07, 6.45) is 29.6. The highest BCUT2D eigenvalue weighted by Gasteiger charge is 2.44. The molecule has 0 radical (unpaired) electrons. The van der Waals surface area contributed by atoms with Gasteiger partial charge in [-0.25, -0.2) is 0 Å². The van der Waals surface area contributed by atoms with Gasteiger partial charge in [-0.3, -0.25) is 4.79 Å². The van der Waals surface area contributed by atoms with E-state index >= 15 is 0 Å². The van der Waals surface area contributed by atoms with Gasteiger partial charge in [0.1, 0.15) is 36.6 Å². The third-order valence-corrected chi connectivity index (χ3v) is 12.1. The number of nitrogens with one attached hydrogen (secondary N) is 1. The van der Waals surface area contributed by atoms with E-state index < -0.39 is 74.2 Å². The maximum atomic E-state index is 13.1. The molecule has 1 amide bonds. The van der Waals surface area contributed by atoms with Gasteiger partial charge in [0, 0.05) is 0 Å². The number of hydrogen-bond acceptors (Lipinski definition) is 10. The van der Waals surface area contributed by atoms with E-state index in [9.17, 15) is 40.5 Å². The zero-order valence-electron chi connectivity index (χ0n) is 37.7. The zero-order valence-corrected chi connectivity index (χ0v) is 37.7. The molecule has 0 unspecified atom stereocenters. The SMILES string of the molecule is CCCCCCCCCCC/C=C/CCCCCCC[C@@H](O)[C@@H](O)[C@@H](CO[C@@H]1O[C@H](CO)[C@@H](O)[C@H](O)[C@H]1O)NC(=O)[C@H](O)CCCCCCCCCCCCCCCC. The Hall–Kier alpha value is -1.15. The predicted octanol–water partition coefficient (Wildman–Crippen LogP) is 8.45. The van der Waals surface area contributed by atoms with E-state index in [0.717, 1.165) is 57.8 Å². The molecule has 9 atom stereocenters. The number of ether oxygens (including phenoxy) is 2. The number of hydrogen-bond donors (Lipinski definition) is 8. The third kappa shape index (κ3) is 28.2. The van der Waals surface area contributed by atoms with E-state index in [2.05, 4.69) is 31.3 Å². The van der Waals surface area contributed by atoms with Gasteiger partial charge in [-0.15, -0.1) is 0 Å². The summed E-state index contributed by atoms with van der Waals surface area (Å²) >= 11 is 0. The second-order valence-electron chi connectivity index (χ2n) is 17.5. The highest BCUT2D eigenvalue weighted by atomic mass is 16.7. The molecular formula is C48H93NO10. The van der Waals surface area contributed by atoms with E-state index in [4.69, 9.17) is 9.47 Å². The maximum absolute atomic E-state index is 13.1. The summed E-state index contributed by atoms with van der Waals surface area (Å²) in [6.45, 7) is 3.44. The molecule has 8 N–H and O–H groups in total. The van der Waals surface area contributed by atoms with Crippen molar-refractivity contribution in [3.05, 3.63) is 12.2 Å². The van der Waals surface area contributed by atoms with Gasteiger partial charge in [0.2, 0.25) is 5.91 Å². The van der Waals surface area contributed by atoms with Crippen molar-refractivity contribution in [2.45, 2.75) is 274 Å². The van der Waals surface area contributed by atoms with Crippen LogP contribution in [-0.4, -0.2) is 110 Å². The van der Waals surface area contributed by atoms with Gasteiger partial charge in [0.15, 0.2) is 6.29 Å². The summed E-state index contributed by atoms with van der Waals surface area (Å²) in [4.78, 5) is 13.1. The summed E-state index contributed by atoms with van der Waals surface area (Å²) in [5.41, 5.74) is 0. The van der Waals surface area contributed by atoms with Crippen LogP contribution in [0.2, 0.25) is 0 Å². The van der Waals surface area contributed by atoms with Crippen LogP contribution in [0.3, 0.4) is 0 Å². The molecule has 1 heterocycles. The van der Waals surface area contributed by atoms with Crippen molar-refractivity contribution in [1.82, 2.24) is 5.32 Å². The Bertz CT molecular complexity index is 970. The first kappa shape index (κ1) is 55.9. The van der Waals surface area contributed by atoms with Gasteiger partial charge < -0.3 is 50.5 Å². The van der Waals surface area contributed by atoms with Crippen LogP contribution in [0.25, 0.3) is 0 Å². The van der Waals surface area contributed by atoms with E-state index in [1.54, 1.807) is 0 Å². The van der Waals surface area contributed by atoms with Crippen LogP contribution < -0.4 is 5.32 Å². The largest absolute Gasteiger partial charge is 0.394 e. The molecule has 1 aliphatic rings. The number of rotatable bonds is 41. The summed E-state index contributed by atoms with van der Waals surface area (Å²) in [5.74, 6) is -0.699. The minimum absolute atomic E-state index is 0.262. The average molecular weight is 844 g/mol. The van der Waals surface area contributed by atoms with Crippen molar-refractivity contribution in [2.75, 3.05) is 13.2 Å². The molecule has 0 aliphatic carbocycles. The highest BCUT2D eigenvalue weighted by Crippen LogP contribution is 2.23. The molecule has 1 rings (SSSR count). The molecule has 59 heavy (non-hydrogen) atoms. The topological polar surface area (TPSA) is 189 Å². The van der Waals surface area contributed by atoms with Crippen LogP contribution in [-0.2, 0) is 14.3 Å². The number of allylic oxidation sites excluding steroid dienone is 2. The molecule has 350 valence electrons. The van der Waals surface area contributed by atoms with Crippen LogP contribution >= 0.6 is 0 Å². The van der Waals surface area contributed by atoms with Crippen molar-refractivity contribution in [2.24, 2.45) is 0 Å². The second-order valence-corrected chi connectivity index (χ2v) is 17.5. The molecule has 0 saturated carbocycles. The van der Waals surface area contributed by atoms with Gasteiger partial charge in [-0.1, -0.05) is 193 Å². The van der Waals surface area contributed by atoms with Crippen LogP contribution in [0.4, 0.5) is 0 Å². The molecular weight excluding hydrogens is 751 g/mol. The molecule has 0 aromatic heterocycles. The Kier molecular flexibility index (Phi) is 36.5. The molecule has 0 aromatic carbocycles. The first-order valence-electron chi connectivity index (χ1n) is 24.6. The van der Waals surface area contributed by atoms with Gasteiger partial charge >= 0.3 is 0 Å². The standard InChI is InChI=1S/C48H93NO10/c1-3-5-7-9-11-13-15-17-19-20-21-22-24-25-27-29-31-33-35-40(51)43(53)39(38-58-48-46(56)45(55)44(54)42(37-50)59-48)49-47(57)41(52)36-34-32-30-28-26-23-18-16-14-12-10-8-6-4-2/h21-22,39-46,48,50-56H,3-20,23-38H2,1-2H3,(H,49,57)/b22-21+/t39-,40-,41-,42-,43+,44-,45+,46-,48-/m1/s1. The monoisotopic (exact) mass is 844 g/mol. The fourth-order valence-electron chi connectivity index (χ4n) is 7.96. The molecule has 1 fully saturated rings. The summed E-state index contributed by atoms with van der Waals surface area (Å²) in [7, 11) is 0. The number of aliphatic hydroxyl groups is 7. The third-order valence-electron chi connectivity index (χ3n) is 12.1. The van der Waals surface area contributed by atoms with E-state index in [1.165, 1.54) is 122 Å². The number of carbonyl (C=O) groups is 1. The molecule has 0 bridgehead atoms. The van der Waals surface area contributed by atoms with Crippen molar-refractivity contribution in [3.8, 4) is 0 Å². The Morgan fingerprint density at radius 1 is 0.576 bits per heavy atom. The van der Waals surface area contributed by atoms with Gasteiger partial charge in [0.05, 0.1) is 25.4 Å². The van der Waals surface area contributed by atoms with Crippen LogP contribution in [0, 0.1) is 0 Å². The summed E-state index contributed by atoms with van der Waals surface area (Å²) in [6, 6.07) is -1.17. The first-order valence-corrected chi connectivity index (χ1v) is 24.6. The number of amides is 1. The molecule has 0 aromatic rings. The lowest BCUT2D eigenvalue weighted by atomic mass is 9.98. The number of aliphatic hydroxyl groups excluding tert-OH is 7. The van der Waals surface area contributed by atoms with Crippen molar-refractivity contribution < 1.29 is 50.0 Å². The molecule has 11 nitrogen and oxygen atoms in total. The fraction of sp³-hybridized carbons (Fsp3) is 0.938. The predicted molar refractivity (Wildman–Crippen MR) is 238 cm³/mol. The van der Waals surface area contributed by atoms with E-state index in [-0.39, 0.29) is 6.42 Å². The molecule has 0 spiro atoms. The Morgan fingerprint density at radius 2 is 0.983 bits per heavy atom. The average Bonchev–Trinajstić information content (AvgIpc) is 3.23. The quantitative estimate of drug-likeness (QED) is 0.0219. The lowest BCUT2D eigenvalue weighted by Gasteiger charge is -2.40. The smallest absolute Gasteiger partial charge is 0.249 e. The number of carbonyl (C=O) groups excluding carboxylic acids is 1. The minimum Gasteiger partial charge on any atom is -0.394 e. The first-order chi connectivity index (χ1) is 28.7. The molecule has 11 heteroatoms. The lowest BCUT2D eigenvalue weighted by molar-refractivity contribution is -0.303. The summed E-state index contributed by atoms with van der Waals surface area (Å²) < 4.78 is 11.1. The fourth-order valence-corrected chi connectivity index (χ4v) is 7.96. The van der Waals surface area contributed by atoms with Crippen molar-refractivity contribution in [1.29, 1.82) is 0 Å². The second kappa shape index (κ2) is 38.5. The van der Waals surface area contributed by atoms with Crippen LogP contribution in [0.5, 0.6) is 0 Å². The number of unbranched alkanes of at least 4 members (excludes halogenated alkanes) is 27. The Morgan fingerprint density at radius 3 is 1.42 bits per heavy atom. The minimum atomic E-state index is -1.66. The van der Waals surface area contributed by atoms with Crippen LogP contribution in [0.1, 0.15) is 219 Å². The summed E-state index contributed by atoms with van der Waals surface area (Å²) in [5, 5.41) is 75.8. The van der Waals surface area contributed by atoms with Gasteiger partial charge in [-0.2, -0.15) is 0 Å². The molecule has 1 aliphatic heterocycles. The van der Waals surface area contributed by atoms with Crippen molar-refractivity contribution >= 4 is 5.91 Å². The van der Waals surface area contributed by atoms with Gasteiger partial charge in [0.25, 0.3) is 0 Å². The Balaban J connectivity index is 2.43. The lowest BCUT2D eigenvalue weighted by Crippen LogP contribution is -2.60. The van der Waals surface area contributed by atoms with E-state index in [0.29, 0.717) is 19.3 Å². The maximum Gasteiger partial charge on any atom is 0.249 e. The van der Waals surface area contributed by atoms with Crippen LogP contribution in [0.15, 0.2) is 12.2 Å². The zero-order chi connectivity index (χ0) is 43.4. The van der Waals surface area contributed by atoms with E-state index in [1.807, 2.05) is 0 Å². The van der Waals surface area contributed by atoms with Gasteiger partial charge in [-0.05, 0) is 38.5 Å². The Labute approximate surface area is 360 Å². The highest BCUT2D eigenvalue weighted by molar-refractivity contribution is 5.80. The van der Waals surface area contributed by atoms with Crippen molar-refractivity contribution in [3.63, 3.8) is 0 Å².